The number of aryl methyl sites for hydroxylation is 1. The van der Waals surface area contributed by atoms with Gasteiger partial charge in [-0.1, -0.05) is 26.8 Å². The van der Waals surface area contributed by atoms with Crippen molar-refractivity contribution in [1.29, 1.82) is 0 Å². The summed E-state index contributed by atoms with van der Waals surface area (Å²) < 4.78 is 0. The summed E-state index contributed by atoms with van der Waals surface area (Å²) in [5.41, 5.74) is 5.87. The highest BCUT2D eigenvalue weighted by Gasteiger charge is 2.24. The molecule has 0 bridgehead atoms. The third kappa shape index (κ3) is 2.08. The topological polar surface area (TPSA) is 27.8 Å². The van der Waals surface area contributed by atoms with Crippen molar-refractivity contribution >= 4 is 10.9 Å². The fourth-order valence-electron chi connectivity index (χ4n) is 3.25. The maximum atomic E-state index is 3.62. The number of benzene rings is 1. The van der Waals surface area contributed by atoms with Crippen molar-refractivity contribution in [2.24, 2.45) is 0 Å². The van der Waals surface area contributed by atoms with Crippen molar-refractivity contribution in [3.05, 3.63) is 35.0 Å². The van der Waals surface area contributed by atoms with Crippen molar-refractivity contribution in [3.63, 3.8) is 0 Å². The minimum absolute atomic E-state index is 0.210. The van der Waals surface area contributed by atoms with E-state index in [9.17, 15) is 0 Å². The van der Waals surface area contributed by atoms with Gasteiger partial charge in [-0.05, 0) is 55.0 Å². The number of hydrogen-bond donors (Lipinski definition) is 2. The van der Waals surface area contributed by atoms with Gasteiger partial charge >= 0.3 is 0 Å². The van der Waals surface area contributed by atoms with Crippen LogP contribution >= 0.6 is 0 Å². The standard InChI is InChI=1S/C17H24N2/c1-17(2,3)11-8-9-13-12(10-11)16-14(18-4)6-5-7-15(16)19-13/h8-10,14,18-19H,5-7H2,1-4H3. The van der Waals surface area contributed by atoms with E-state index in [1.54, 1.807) is 0 Å². The first kappa shape index (κ1) is 12.7. The van der Waals surface area contributed by atoms with Gasteiger partial charge in [0.15, 0.2) is 0 Å². The third-order valence-electron chi connectivity index (χ3n) is 4.40. The third-order valence-corrected chi connectivity index (χ3v) is 4.40. The number of aromatic nitrogens is 1. The Morgan fingerprint density at radius 1 is 1.26 bits per heavy atom. The van der Waals surface area contributed by atoms with Crippen molar-refractivity contribution in [2.75, 3.05) is 7.05 Å². The SMILES string of the molecule is CNC1CCCc2[nH]c3ccc(C(C)(C)C)cc3c21. The summed E-state index contributed by atoms with van der Waals surface area (Å²) in [5, 5.41) is 4.89. The lowest BCUT2D eigenvalue weighted by Gasteiger charge is -2.23. The largest absolute Gasteiger partial charge is 0.358 e. The summed E-state index contributed by atoms with van der Waals surface area (Å²) in [5.74, 6) is 0. The number of aromatic amines is 1. The summed E-state index contributed by atoms with van der Waals surface area (Å²) >= 11 is 0. The van der Waals surface area contributed by atoms with E-state index in [0.29, 0.717) is 6.04 Å². The van der Waals surface area contributed by atoms with Gasteiger partial charge in [-0.3, -0.25) is 0 Å². The van der Waals surface area contributed by atoms with Crippen LogP contribution in [0.3, 0.4) is 0 Å². The quantitative estimate of drug-likeness (QED) is 0.791. The van der Waals surface area contributed by atoms with Crippen LogP contribution in [0.15, 0.2) is 18.2 Å². The molecule has 1 atom stereocenters. The van der Waals surface area contributed by atoms with Gasteiger partial charge in [0.1, 0.15) is 0 Å². The molecule has 0 aliphatic heterocycles. The molecule has 0 saturated heterocycles. The van der Waals surface area contributed by atoms with Gasteiger partial charge in [-0.15, -0.1) is 0 Å². The molecule has 0 saturated carbocycles. The molecule has 2 nitrogen and oxygen atoms in total. The first-order valence-corrected chi connectivity index (χ1v) is 7.33. The number of rotatable bonds is 1. The number of H-pyrrole nitrogens is 1. The van der Waals surface area contributed by atoms with Crippen LogP contribution in [0.25, 0.3) is 10.9 Å². The maximum Gasteiger partial charge on any atom is 0.0459 e. The summed E-state index contributed by atoms with van der Waals surface area (Å²) in [6.45, 7) is 6.84. The van der Waals surface area contributed by atoms with Crippen LogP contribution in [0, 0.1) is 0 Å². The van der Waals surface area contributed by atoms with E-state index in [4.69, 9.17) is 0 Å². The van der Waals surface area contributed by atoms with Crippen LogP contribution in [0.1, 0.15) is 56.5 Å². The second-order valence-electron chi connectivity index (χ2n) is 6.76. The Morgan fingerprint density at radius 2 is 2.05 bits per heavy atom. The van der Waals surface area contributed by atoms with Gasteiger partial charge in [-0.2, -0.15) is 0 Å². The van der Waals surface area contributed by atoms with E-state index in [1.165, 1.54) is 47.0 Å². The van der Waals surface area contributed by atoms with Crippen LogP contribution in [0.2, 0.25) is 0 Å². The molecule has 0 radical (unpaired) electrons. The van der Waals surface area contributed by atoms with E-state index in [0.717, 1.165) is 0 Å². The highest BCUT2D eigenvalue weighted by molar-refractivity contribution is 5.86. The molecule has 1 aliphatic carbocycles. The van der Waals surface area contributed by atoms with Crippen molar-refractivity contribution in [3.8, 4) is 0 Å². The lowest BCUT2D eigenvalue weighted by atomic mass is 9.84. The average Bonchev–Trinajstić information content (AvgIpc) is 2.75. The molecule has 3 rings (SSSR count). The zero-order chi connectivity index (χ0) is 13.6. The first-order valence-electron chi connectivity index (χ1n) is 7.33. The molecule has 19 heavy (non-hydrogen) atoms. The molecule has 2 aromatic rings. The van der Waals surface area contributed by atoms with Crippen LogP contribution in [-0.4, -0.2) is 12.0 Å². The summed E-state index contributed by atoms with van der Waals surface area (Å²) in [6, 6.07) is 7.41. The van der Waals surface area contributed by atoms with Gasteiger partial charge in [0.2, 0.25) is 0 Å². The molecular formula is C17H24N2. The Hall–Kier alpha value is -1.28. The molecule has 102 valence electrons. The summed E-state index contributed by atoms with van der Waals surface area (Å²) in [4.78, 5) is 3.62. The minimum atomic E-state index is 0.210. The lowest BCUT2D eigenvalue weighted by molar-refractivity contribution is 0.497. The highest BCUT2D eigenvalue weighted by Crippen LogP contribution is 2.37. The second-order valence-corrected chi connectivity index (χ2v) is 6.76. The van der Waals surface area contributed by atoms with Gasteiger partial charge in [-0.25, -0.2) is 0 Å². The summed E-state index contributed by atoms with van der Waals surface area (Å²) in [6.07, 6.45) is 3.71. The van der Waals surface area contributed by atoms with Crippen LogP contribution < -0.4 is 5.32 Å². The molecule has 1 aromatic carbocycles. The zero-order valence-corrected chi connectivity index (χ0v) is 12.4. The first-order chi connectivity index (χ1) is 9.00. The fourth-order valence-corrected chi connectivity index (χ4v) is 3.25. The number of nitrogens with one attached hydrogen (secondary N) is 2. The Bertz CT molecular complexity index is 601. The van der Waals surface area contributed by atoms with Gasteiger partial charge in [0.25, 0.3) is 0 Å². The molecule has 0 amide bonds. The second kappa shape index (κ2) is 4.38. The molecule has 2 N–H and O–H groups in total. The van der Waals surface area contributed by atoms with Gasteiger partial charge in [0.05, 0.1) is 0 Å². The highest BCUT2D eigenvalue weighted by atomic mass is 14.9. The zero-order valence-electron chi connectivity index (χ0n) is 12.4. The molecule has 0 spiro atoms. The van der Waals surface area contributed by atoms with E-state index in [-0.39, 0.29) is 5.41 Å². The maximum absolute atomic E-state index is 3.62. The van der Waals surface area contributed by atoms with Gasteiger partial charge < -0.3 is 10.3 Å². The Balaban J connectivity index is 2.22. The van der Waals surface area contributed by atoms with Crippen LogP contribution in [0.4, 0.5) is 0 Å². The monoisotopic (exact) mass is 256 g/mol. The van der Waals surface area contributed by atoms with E-state index < -0.39 is 0 Å². The van der Waals surface area contributed by atoms with Crippen molar-refractivity contribution in [1.82, 2.24) is 10.3 Å². The molecular weight excluding hydrogens is 232 g/mol. The van der Waals surface area contributed by atoms with Gasteiger partial charge in [0, 0.05) is 22.6 Å². The fraction of sp³-hybridized carbons (Fsp3) is 0.529. The number of hydrogen-bond acceptors (Lipinski definition) is 1. The average molecular weight is 256 g/mol. The molecule has 0 fully saturated rings. The van der Waals surface area contributed by atoms with Crippen LogP contribution in [-0.2, 0) is 11.8 Å². The number of fused-ring (bicyclic) bond motifs is 3. The van der Waals surface area contributed by atoms with E-state index in [1.807, 2.05) is 0 Å². The smallest absolute Gasteiger partial charge is 0.0459 e. The van der Waals surface area contributed by atoms with Crippen LogP contribution in [0.5, 0.6) is 0 Å². The molecule has 1 heterocycles. The van der Waals surface area contributed by atoms with E-state index in [2.05, 4.69) is 56.3 Å². The normalized spacial score (nSPS) is 19.7. The molecule has 1 unspecified atom stereocenters. The van der Waals surface area contributed by atoms with E-state index >= 15 is 0 Å². The lowest BCUT2D eigenvalue weighted by Crippen LogP contribution is -2.21. The molecule has 2 heteroatoms. The minimum Gasteiger partial charge on any atom is -0.358 e. The van der Waals surface area contributed by atoms with Crippen molar-refractivity contribution < 1.29 is 0 Å². The van der Waals surface area contributed by atoms with Crippen molar-refractivity contribution in [2.45, 2.75) is 51.5 Å². The predicted octanol–water partition coefficient (Wildman–Crippen LogP) is 4.06. The molecule has 1 aliphatic rings. The Morgan fingerprint density at radius 3 is 2.74 bits per heavy atom. The summed E-state index contributed by atoms with van der Waals surface area (Å²) in [7, 11) is 2.08. The Kier molecular flexibility index (Phi) is 2.94. The Labute approximate surface area is 115 Å². The molecule has 1 aromatic heterocycles. The predicted molar refractivity (Wildman–Crippen MR) is 81.7 cm³/mol.